The number of hydrogen-bond donors (Lipinski definition) is 1. The number of nitrogens with two attached hydrogens (primary N) is 1. The minimum atomic E-state index is -1.06. The average molecular weight is 510 g/mol. The fourth-order valence-electron chi connectivity index (χ4n) is 2.52. The average Bonchev–Trinajstić information content (AvgIpc) is 2.73. The highest BCUT2D eigenvalue weighted by Crippen LogP contribution is 2.30. The van der Waals surface area contributed by atoms with Gasteiger partial charge >= 0.3 is 24.1 Å². The van der Waals surface area contributed by atoms with Gasteiger partial charge in [-0.15, -0.1) is 0 Å². The molecule has 0 radical (unpaired) electrons. The number of carbonyl (C=O) groups excluding carboxylic acids is 4. The van der Waals surface area contributed by atoms with Gasteiger partial charge in [0.2, 0.25) is 0 Å². The van der Waals surface area contributed by atoms with Gasteiger partial charge in [-0.1, -0.05) is 33.8 Å². The Morgan fingerprint density at radius 2 is 1.28 bits per heavy atom. The Hall–Kier alpha value is -3.14. The third-order valence-corrected chi connectivity index (χ3v) is 4.77. The van der Waals surface area contributed by atoms with Crippen LogP contribution in [0.25, 0.3) is 0 Å². The van der Waals surface area contributed by atoms with Crippen molar-refractivity contribution in [3.63, 3.8) is 0 Å². The highest BCUT2D eigenvalue weighted by Gasteiger charge is 2.27. The number of rotatable bonds is 10. The van der Waals surface area contributed by atoms with Gasteiger partial charge in [-0.05, 0) is 58.7 Å². The molecule has 10 heteroatoms. The zero-order valence-corrected chi connectivity index (χ0v) is 22.6. The molecule has 1 unspecified atom stereocenters. The predicted molar refractivity (Wildman–Crippen MR) is 131 cm³/mol. The second kappa shape index (κ2) is 13.2. The molecule has 0 aliphatic carbocycles. The van der Waals surface area contributed by atoms with Crippen molar-refractivity contribution in [3.05, 3.63) is 23.8 Å². The van der Waals surface area contributed by atoms with E-state index in [1.807, 2.05) is 0 Å². The van der Waals surface area contributed by atoms with Gasteiger partial charge in [-0.2, -0.15) is 0 Å². The molecule has 2 N–H and O–H groups in total. The lowest BCUT2D eigenvalue weighted by molar-refractivity contribution is -0.156. The zero-order valence-electron chi connectivity index (χ0n) is 22.6. The monoisotopic (exact) mass is 509 g/mol. The summed E-state index contributed by atoms with van der Waals surface area (Å²) in [5.74, 6) is -2.36. The van der Waals surface area contributed by atoms with Crippen molar-refractivity contribution in [1.82, 2.24) is 0 Å². The van der Waals surface area contributed by atoms with Crippen LogP contribution >= 0.6 is 0 Å². The van der Waals surface area contributed by atoms with Crippen molar-refractivity contribution in [3.8, 4) is 11.5 Å². The van der Waals surface area contributed by atoms with Gasteiger partial charge in [0.1, 0.15) is 23.9 Å². The van der Waals surface area contributed by atoms with Gasteiger partial charge < -0.3 is 29.4 Å². The Labute approximate surface area is 212 Å². The molecule has 0 aliphatic rings. The molecular formula is C26H39NO9. The summed E-state index contributed by atoms with van der Waals surface area (Å²) in [7, 11) is 0. The molecule has 1 aromatic carbocycles. The molecule has 0 saturated heterocycles. The van der Waals surface area contributed by atoms with Gasteiger partial charge in [0.15, 0.2) is 11.5 Å². The first-order valence-corrected chi connectivity index (χ1v) is 11.9. The molecule has 1 rings (SSSR count). The van der Waals surface area contributed by atoms with Gasteiger partial charge in [-0.25, -0.2) is 4.79 Å². The van der Waals surface area contributed by atoms with E-state index in [9.17, 15) is 19.2 Å². The topological polar surface area (TPSA) is 140 Å². The Morgan fingerprint density at radius 1 is 0.778 bits per heavy atom. The summed E-state index contributed by atoms with van der Waals surface area (Å²) in [4.78, 5) is 48.6. The Balaban J connectivity index is 2.89. The van der Waals surface area contributed by atoms with E-state index >= 15 is 0 Å². The Bertz CT molecular complexity index is 934. The van der Waals surface area contributed by atoms with Crippen LogP contribution in [0.15, 0.2) is 18.2 Å². The van der Waals surface area contributed by atoms with Crippen LogP contribution in [0.5, 0.6) is 11.5 Å². The van der Waals surface area contributed by atoms with Crippen LogP contribution in [0.1, 0.15) is 67.9 Å². The molecule has 0 saturated carbocycles. The Morgan fingerprint density at radius 3 is 1.78 bits per heavy atom. The van der Waals surface area contributed by atoms with E-state index in [2.05, 4.69) is 0 Å². The van der Waals surface area contributed by atoms with E-state index < -0.39 is 53.8 Å². The summed E-state index contributed by atoms with van der Waals surface area (Å²) in [6, 6.07) is 3.53. The second-order valence-electron chi connectivity index (χ2n) is 10.2. The number of carbonyl (C=O) groups is 4. The summed E-state index contributed by atoms with van der Waals surface area (Å²) in [5, 5.41) is 0. The largest absolute Gasteiger partial charge is 0.509 e. The Kier molecular flexibility index (Phi) is 11.4. The summed E-state index contributed by atoms with van der Waals surface area (Å²) in [5.41, 5.74) is 5.88. The lowest BCUT2D eigenvalue weighted by Gasteiger charge is -2.24. The van der Waals surface area contributed by atoms with Gasteiger partial charge in [0.05, 0.1) is 11.8 Å². The lowest BCUT2D eigenvalue weighted by Crippen LogP contribution is -2.40. The van der Waals surface area contributed by atoms with Gasteiger partial charge in [0.25, 0.3) is 0 Å². The molecule has 1 aromatic rings. The van der Waals surface area contributed by atoms with E-state index in [4.69, 9.17) is 29.4 Å². The van der Waals surface area contributed by atoms with Crippen molar-refractivity contribution in [1.29, 1.82) is 0 Å². The minimum absolute atomic E-state index is 0.0496. The van der Waals surface area contributed by atoms with Crippen molar-refractivity contribution in [2.75, 3.05) is 0 Å². The fourth-order valence-corrected chi connectivity index (χ4v) is 2.52. The van der Waals surface area contributed by atoms with E-state index in [1.165, 1.54) is 12.1 Å². The van der Waals surface area contributed by atoms with Crippen LogP contribution in [-0.2, 0) is 35.0 Å². The molecule has 10 nitrogen and oxygen atoms in total. The van der Waals surface area contributed by atoms with Crippen LogP contribution in [0.3, 0.4) is 0 Å². The molecule has 0 aliphatic heterocycles. The maximum Gasteiger partial charge on any atom is 0.509 e. The predicted octanol–water partition coefficient (Wildman–Crippen LogP) is 3.95. The summed E-state index contributed by atoms with van der Waals surface area (Å²) < 4.78 is 26.4. The molecule has 36 heavy (non-hydrogen) atoms. The highest BCUT2D eigenvalue weighted by molar-refractivity contribution is 5.78. The van der Waals surface area contributed by atoms with Gasteiger partial charge in [-0.3, -0.25) is 14.4 Å². The normalized spacial score (nSPS) is 14.0. The van der Waals surface area contributed by atoms with Crippen molar-refractivity contribution in [2.24, 2.45) is 17.6 Å². The number of benzene rings is 1. The maximum absolute atomic E-state index is 12.5. The lowest BCUT2D eigenvalue weighted by atomic mass is 10.1. The first kappa shape index (κ1) is 30.9. The molecule has 0 bridgehead atoms. The molecule has 0 spiro atoms. The molecule has 3 atom stereocenters. The first-order chi connectivity index (χ1) is 16.5. The van der Waals surface area contributed by atoms with Crippen molar-refractivity contribution < 1.29 is 42.9 Å². The van der Waals surface area contributed by atoms with Crippen LogP contribution in [0, 0.1) is 11.8 Å². The molecule has 0 heterocycles. The number of esters is 3. The smallest absolute Gasteiger partial charge is 0.458 e. The van der Waals surface area contributed by atoms with E-state index in [0.29, 0.717) is 5.56 Å². The fraction of sp³-hybridized carbons (Fsp3) is 0.615. The molecule has 202 valence electrons. The third-order valence-electron chi connectivity index (χ3n) is 4.77. The molecule has 0 aromatic heterocycles. The van der Waals surface area contributed by atoms with Gasteiger partial charge in [0, 0.05) is 0 Å². The maximum atomic E-state index is 12.5. The summed E-state index contributed by atoms with van der Waals surface area (Å²) in [6.07, 6.45) is -2.37. The van der Waals surface area contributed by atoms with E-state index in [1.54, 1.807) is 68.4 Å². The second-order valence-corrected chi connectivity index (χ2v) is 10.2. The molecular weight excluding hydrogens is 470 g/mol. The van der Waals surface area contributed by atoms with E-state index in [0.717, 1.165) is 0 Å². The zero-order chi connectivity index (χ0) is 27.8. The van der Waals surface area contributed by atoms with Crippen LogP contribution < -0.4 is 15.2 Å². The SMILES string of the molecule is CC(C)C(=O)Oc1ccc(C[C@H](N)C(=O)O[C@@H](C)C(C)OC(=O)OC(C)(C)C)cc1OC(=O)C(C)C. The standard InChI is InChI=1S/C26H39NO9/c1-14(2)22(28)34-20-11-10-18(13-21(20)35-23(29)15(3)4)12-19(27)24(30)32-16(5)17(6)33-25(31)36-26(7,8)9/h10-11,13-17,19H,12,27H2,1-9H3/t16-,17?,19-/m0/s1. The van der Waals surface area contributed by atoms with Crippen molar-refractivity contribution >= 4 is 24.1 Å². The highest BCUT2D eigenvalue weighted by atomic mass is 16.7. The van der Waals surface area contributed by atoms with E-state index in [-0.39, 0.29) is 23.8 Å². The van der Waals surface area contributed by atoms with Crippen LogP contribution in [0.2, 0.25) is 0 Å². The summed E-state index contributed by atoms with van der Waals surface area (Å²) >= 11 is 0. The number of ether oxygens (including phenoxy) is 5. The quantitative estimate of drug-likeness (QED) is 0.364. The summed E-state index contributed by atoms with van der Waals surface area (Å²) in [6.45, 7) is 15.0. The minimum Gasteiger partial charge on any atom is -0.458 e. The number of hydrogen-bond acceptors (Lipinski definition) is 10. The van der Waals surface area contributed by atoms with Crippen molar-refractivity contribution in [2.45, 2.75) is 92.6 Å². The molecule has 0 fully saturated rings. The van der Waals surface area contributed by atoms with Crippen LogP contribution in [0.4, 0.5) is 4.79 Å². The third kappa shape index (κ3) is 10.6. The first-order valence-electron chi connectivity index (χ1n) is 11.9. The van der Waals surface area contributed by atoms with Crippen LogP contribution in [-0.4, -0.2) is 47.9 Å². The molecule has 0 amide bonds.